The molecule has 2 aliphatic heterocycles. The molecule has 1 aromatic carbocycles. The van der Waals surface area contributed by atoms with Crippen molar-refractivity contribution < 1.29 is 22.8 Å². The van der Waals surface area contributed by atoms with Gasteiger partial charge in [0.1, 0.15) is 0 Å². The van der Waals surface area contributed by atoms with E-state index in [1.54, 1.807) is 13.0 Å². The third kappa shape index (κ3) is 4.78. The Morgan fingerprint density at radius 2 is 1.87 bits per heavy atom. The molecule has 2 aliphatic rings. The molecule has 0 atom stereocenters. The molecule has 2 amide bonds. The number of benzene rings is 1. The summed E-state index contributed by atoms with van der Waals surface area (Å²) in [5.74, 6) is -1.81. The number of alkyl halides is 3. The zero-order chi connectivity index (χ0) is 22.6. The van der Waals surface area contributed by atoms with Gasteiger partial charge in [0.15, 0.2) is 5.71 Å². The lowest BCUT2D eigenvalue weighted by Gasteiger charge is -2.27. The van der Waals surface area contributed by atoms with Crippen molar-refractivity contribution in [2.45, 2.75) is 45.7 Å². The number of hydrogen-bond donors (Lipinski definition) is 0. The molecule has 164 valence electrons. The second kappa shape index (κ2) is 9.32. The molecule has 0 saturated carbocycles. The Morgan fingerprint density at radius 3 is 2.55 bits per heavy atom. The van der Waals surface area contributed by atoms with E-state index in [1.807, 2.05) is 30.5 Å². The Balaban J connectivity index is 1.98. The quantitative estimate of drug-likeness (QED) is 0.581. The largest absolute Gasteiger partial charge is 0.435 e. The molecule has 0 bridgehead atoms. The van der Waals surface area contributed by atoms with Gasteiger partial charge in [-0.15, -0.1) is 0 Å². The van der Waals surface area contributed by atoms with Gasteiger partial charge in [0.25, 0.3) is 5.91 Å². The van der Waals surface area contributed by atoms with Crippen LogP contribution >= 0.6 is 0 Å². The zero-order valence-corrected chi connectivity index (χ0v) is 17.4. The summed E-state index contributed by atoms with van der Waals surface area (Å²) in [6, 6.07) is 7.59. The maximum atomic E-state index is 13.5. The van der Waals surface area contributed by atoms with Crippen LogP contribution in [0.1, 0.15) is 45.1 Å². The third-order valence-corrected chi connectivity index (χ3v) is 4.99. The van der Waals surface area contributed by atoms with Crippen LogP contribution in [0, 0.1) is 0 Å². The molecule has 0 aromatic heterocycles. The number of nitrogens with zero attached hydrogens (tertiary/aromatic N) is 3. The number of imide groups is 1. The van der Waals surface area contributed by atoms with Gasteiger partial charge in [-0.1, -0.05) is 44.5 Å². The Labute approximate surface area is 179 Å². The highest BCUT2D eigenvalue weighted by Gasteiger charge is 2.47. The van der Waals surface area contributed by atoms with Crippen molar-refractivity contribution >= 4 is 28.8 Å². The lowest BCUT2D eigenvalue weighted by atomic mass is 9.98. The number of allylic oxidation sites excluding steroid dienone is 4. The Hall–Kier alpha value is -3.16. The number of hydrogen-bond acceptors (Lipinski definition) is 4. The summed E-state index contributed by atoms with van der Waals surface area (Å²) < 4.78 is 40.4. The van der Waals surface area contributed by atoms with Crippen molar-refractivity contribution in [3.8, 4) is 0 Å². The monoisotopic (exact) mass is 431 g/mol. The van der Waals surface area contributed by atoms with Gasteiger partial charge < -0.3 is 4.90 Å². The summed E-state index contributed by atoms with van der Waals surface area (Å²) in [6.07, 6.45) is 3.80. The van der Waals surface area contributed by atoms with E-state index in [0.717, 1.165) is 36.7 Å². The molecule has 2 heterocycles. The van der Waals surface area contributed by atoms with Crippen molar-refractivity contribution in [1.82, 2.24) is 5.01 Å². The fourth-order valence-corrected chi connectivity index (χ4v) is 3.41. The lowest BCUT2D eigenvalue weighted by Crippen LogP contribution is -2.29. The average Bonchev–Trinajstić information content (AvgIpc) is 3.08. The highest BCUT2D eigenvalue weighted by molar-refractivity contribution is 6.29. The van der Waals surface area contributed by atoms with Crippen LogP contribution in [0.3, 0.4) is 0 Å². The fourth-order valence-electron chi connectivity index (χ4n) is 3.41. The summed E-state index contributed by atoms with van der Waals surface area (Å²) in [7, 11) is 0. The van der Waals surface area contributed by atoms with Crippen LogP contribution in [0.2, 0.25) is 0 Å². The summed E-state index contributed by atoms with van der Waals surface area (Å²) in [5, 5.41) is 3.62. The molecule has 0 aliphatic carbocycles. The highest BCUT2D eigenvalue weighted by atomic mass is 19.4. The molecule has 0 unspecified atom stereocenters. The number of anilines is 1. The van der Waals surface area contributed by atoms with E-state index in [1.165, 1.54) is 6.08 Å². The number of para-hydroxylation sites is 1. The molecule has 0 saturated heterocycles. The van der Waals surface area contributed by atoms with Crippen molar-refractivity contribution in [2.24, 2.45) is 5.10 Å². The Bertz CT molecular complexity index is 990. The normalized spacial score (nSPS) is 18.7. The minimum atomic E-state index is -4.85. The van der Waals surface area contributed by atoms with E-state index in [9.17, 15) is 22.8 Å². The van der Waals surface area contributed by atoms with Gasteiger partial charge in [0, 0.05) is 30.4 Å². The number of carbonyl (C=O) groups is 2. The van der Waals surface area contributed by atoms with Crippen LogP contribution < -0.4 is 4.90 Å². The predicted molar refractivity (Wildman–Crippen MR) is 114 cm³/mol. The summed E-state index contributed by atoms with van der Waals surface area (Å²) in [5.41, 5.74) is 0.488. The van der Waals surface area contributed by atoms with Crippen LogP contribution in [0.25, 0.3) is 5.57 Å². The van der Waals surface area contributed by atoms with E-state index < -0.39 is 29.3 Å². The van der Waals surface area contributed by atoms with E-state index in [0.29, 0.717) is 17.0 Å². The fraction of sp³-hybridized carbons (Fsp3) is 0.348. The van der Waals surface area contributed by atoms with Gasteiger partial charge in [-0.25, -0.2) is 0 Å². The molecule has 0 radical (unpaired) electrons. The molecule has 0 N–H and O–H groups in total. The van der Waals surface area contributed by atoms with Gasteiger partial charge in [0.2, 0.25) is 5.91 Å². The number of fused-ring (bicyclic) bond motifs is 1. The minimum Gasteiger partial charge on any atom is -0.347 e. The van der Waals surface area contributed by atoms with Crippen LogP contribution in [0.15, 0.2) is 59.4 Å². The number of halogens is 3. The van der Waals surface area contributed by atoms with E-state index >= 15 is 0 Å². The predicted octanol–water partition coefficient (Wildman–Crippen LogP) is 5.22. The third-order valence-electron chi connectivity index (χ3n) is 4.99. The molecule has 0 fully saturated rings. The maximum absolute atomic E-state index is 13.5. The number of carbonyl (C=O) groups excluding carboxylic acids is 2. The molecule has 31 heavy (non-hydrogen) atoms. The average molecular weight is 431 g/mol. The van der Waals surface area contributed by atoms with E-state index in [-0.39, 0.29) is 6.42 Å². The SMILES string of the molecule is CCCCN1C=C/C(=C\C=C2/C(=O)N(C(=O)CCC)N=C2C(F)(F)F)c2ccccc21. The van der Waals surface area contributed by atoms with Crippen LogP contribution in [-0.2, 0) is 9.59 Å². The smallest absolute Gasteiger partial charge is 0.347 e. The molecule has 3 rings (SSSR count). The van der Waals surface area contributed by atoms with E-state index in [4.69, 9.17) is 0 Å². The van der Waals surface area contributed by atoms with E-state index in [2.05, 4.69) is 16.9 Å². The molecule has 1 aromatic rings. The van der Waals surface area contributed by atoms with Gasteiger partial charge in [-0.05, 0) is 36.6 Å². The molecular formula is C23H24F3N3O2. The van der Waals surface area contributed by atoms with Crippen molar-refractivity contribution in [3.05, 3.63) is 59.8 Å². The van der Waals surface area contributed by atoms with Crippen molar-refractivity contribution in [1.29, 1.82) is 0 Å². The number of amides is 2. The molecule has 0 spiro atoms. The van der Waals surface area contributed by atoms with Gasteiger partial charge in [-0.2, -0.15) is 23.3 Å². The highest BCUT2D eigenvalue weighted by Crippen LogP contribution is 2.34. The van der Waals surface area contributed by atoms with Gasteiger partial charge in [-0.3, -0.25) is 9.59 Å². The lowest BCUT2D eigenvalue weighted by molar-refractivity contribution is -0.141. The topological polar surface area (TPSA) is 53.0 Å². The minimum absolute atomic E-state index is 0.0571. The first kappa shape index (κ1) is 22.5. The first-order chi connectivity index (χ1) is 14.8. The van der Waals surface area contributed by atoms with Crippen molar-refractivity contribution in [3.63, 3.8) is 0 Å². The second-order valence-electron chi connectivity index (χ2n) is 7.29. The maximum Gasteiger partial charge on any atom is 0.435 e. The van der Waals surface area contributed by atoms with Crippen LogP contribution in [0.4, 0.5) is 18.9 Å². The van der Waals surface area contributed by atoms with Gasteiger partial charge >= 0.3 is 6.18 Å². The number of hydrazone groups is 1. The summed E-state index contributed by atoms with van der Waals surface area (Å²) in [4.78, 5) is 26.7. The molecule has 5 nitrogen and oxygen atoms in total. The zero-order valence-electron chi connectivity index (χ0n) is 17.4. The number of rotatable bonds is 6. The molecular weight excluding hydrogens is 407 g/mol. The first-order valence-corrected chi connectivity index (χ1v) is 10.3. The first-order valence-electron chi connectivity index (χ1n) is 10.3. The number of unbranched alkanes of at least 4 members (excludes halogenated alkanes) is 1. The van der Waals surface area contributed by atoms with Gasteiger partial charge in [0.05, 0.1) is 5.57 Å². The van der Waals surface area contributed by atoms with Crippen LogP contribution in [0.5, 0.6) is 0 Å². The summed E-state index contributed by atoms with van der Waals surface area (Å²) in [6.45, 7) is 4.63. The Kier molecular flexibility index (Phi) is 6.77. The van der Waals surface area contributed by atoms with Crippen molar-refractivity contribution in [2.75, 3.05) is 11.4 Å². The molecule has 8 heteroatoms. The Morgan fingerprint density at radius 1 is 1.13 bits per heavy atom. The second-order valence-corrected chi connectivity index (χ2v) is 7.29. The van der Waals surface area contributed by atoms with Crippen LogP contribution in [-0.4, -0.2) is 35.3 Å². The standard InChI is InChI=1S/C23H24F3N3O2/c1-3-5-14-28-15-13-16(17-9-6-7-10-19(17)28)11-12-18-21(23(24,25)26)27-29(22(18)31)20(30)8-4-2/h6-7,9-13,15H,3-5,8,14H2,1-2H3/b16-11+,18-12-. The summed E-state index contributed by atoms with van der Waals surface area (Å²) >= 11 is 0.